The van der Waals surface area contributed by atoms with E-state index in [-0.39, 0.29) is 5.91 Å². The maximum Gasteiger partial charge on any atom is 0.433 e. The summed E-state index contributed by atoms with van der Waals surface area (Å²) in [6, 6.07) is 2.37. The number of amides is 1. The number of alkyl halides is 3. The van der Waals surface area contributed by atoms with Crippen molar-refractivity contribution in [2.75, 3.05) is 30.5 Å². The first-order chi connectivity index (χ1) is 16.7. The summed E-state index contributed by atoms with van der Waals surface area (Å²) in [5, 5.41) is 7.27. The van der Waals surface area contributed by atoms with Crippen LogP contribution in [-0.2, 0) is 35.1 Å². The molecule has 5 heterocycles. The number of anilines is 2. The summed E-state index contributed by atoms with van der Waals surface area (Å²) in [6.07, 6.45) is 2.12. The van der Waals surface area contributed by atoms with E-state index in [1.165, 1.54) is 12.3 Å². The molecule has 12 heteroatoms. The maximum absolute atomic E-state index is 12.8. The Morgan fingerprint density at radius 1 is 1.17 bits per heavy atom. The lowest BCUT2D eigenvalue weighted by Gasteiger charge is -2.41. The number of rotatable bonds is 5. The van der Waals surface area contributed by atoms with E-state index >= 15 is 0 Å². The number of fused-ring (bicyclic) bond motifs is 1. The zero-order valence-corrected chi connectivity index (χ0v) is 19.3. The van der Waals surface area contributed by atoms with E-state index in [0.29, 0.717) is 67.6 Å². The number of hydrogen-bond acceptors (Lipinski definition) is 7. The number of likely N-dealkylation sites (N-methyl/N-ethyl adjacent to an activating group) is 1. The molecule has 184 valence electrons. The quantitative estimate of drug-likeness (QED) is 0.591. The molecular formula is C23H24F3N7O2. The lowest BCUT2D eigenvalue weighted by Crippen LogP contribution is -2.59. The third kappa shape index (κ3) is 4.33. The van der Waals surface area contributed by atoms with Gasteiger partial charge in [0.2, 0.25) is 0 Å². The maximum atomic E-state index is 12.8. The Hall–Kier alpha value is -3.54. The van der Waals surface area contributed by atoms with Crippen molar-refractivity contribution in [1.82, 2.24) is 24.7 Å². The number of nitrogens with zero attached hydrogens (tertiary/aromatic N) is 6. The predicted octanol–water partition coefficient (Wildman–Crippen LogP) is 2.78. The highest BCUT2D eigenvalue weighted by Crippen LogP contribution is 2.39. The second-order valence-corrected chi connectivity index (χ2v) is 8.87. The van der Waals surface area contributed by atoms with E-state index in [9.17, 15) is 18.0 Å². The smallest absolute Gasteiger partial charge is 0.378 e. The standard InChI is InChI=1S/C23H24F3N7O2/c1-14-19-20(32(2)22(21(34)31-19)7-8-35-13-22)30-18(29-14)6-4-16-10-28-33(12-16)11-15-3-5-17(27-9-15)23(24,25)26/h3,5,9-10,12H,4,6-8,11,13H2,1-2H3,(H,31,34)/t22-/m0/s1. The highest BCUT2D eigenvalue weighted by atomic mass is 19.4. The lowest BCUT2D eigenvalue weighted by molar-refractivity contribution is -0.141. The monoisotopic (exact) mass is 487 g/mol. The number of carbonyl (C=O) groups excluding carboxylic acids is 1. The van der Waals surface area contributed by atoms with Crippen LogP contribution in [0.4, 0.5) is 24.7 Å². The van der Waals surface area contributed by atoms with Gasteiger partial charge in [0, 0.05) is 38.9 Å². The summed E-state index contributed by atoms with van der Waals surface area (Å²) in [5.41, 5.74) is 1.22. The van der Waals surface area contributed by atoms with Crippen LogP contribution in [0.15, 0.2) is 30.7 Å². The van der Waals surface area contributed by atoms with Crippen molar-refractivity contribution < 1.29 is 22.7 Å². The number of hydrogen-bond donors (Lipinski definition) is 1. The van der Waals surface area contributed by atoms with Gasteiger partial charge in [-0.05, 0) is 30.5 Å². The van der Waals surface area contributed by atoms with Crippen molar-refractivity contribution in [2.45, 2.75) is 44.4 Å². The number of nitrogens with one attached hydrogen (secondary N) is 1. The first-order valence-electron chi connectivity index (χ1n) is 11.2. The number of halogens is 3. The van der Waals surface area contributed by atoms with Gasteiger partial charge in [-0.1, -0.05) is 6.07 Å². The minimum absolute atomic E-state index is 0.0971. The molecule has 9 nitrogen and oxygen atoms in total. The van der Waals surface area contributed by atoms with Crippen molar-refractivity contribution in [1.29, 1.82) is 0 Å². The van der Waals surface area contributed by atoms with Crippen LogP contribution in [0, 0.1) is 6.92 Å². The van der Waals surface area contributed by atoms with E-state index in [0.717, 1.165) is 11.6 Å². The fraction of sp³-hybridized carbons (Fsp3) is 0.435. The molecule has 3 aromatic heterocycles. The Labute approximate surface area is 199 Å². The molecule has 3 aromatic rings. The lowest BCUT2D eigenvalue weighted by atomic mass is 9.92. The molecule has 2 aliphatic heterocycles. The van der Waals surface area contributed by atoms with Gasteiger partial charge in [0.05, 0.1) is 25.0 Å². The fourth-order valence-corrected chi connectivity index (χ4v) is 4.45. The molecule has 2 aliphatic rings. The summed E-state index contributed by atoms with van der Waals surface area (Å²) in [7, 11) is 1.86. The van der Waals surface area contributed by atoms with Gasteiger partial charge in [0.25, 0.3) is 5.91 Å². The van der Waals surface area contributed by atoms with Crippen LogP contribution in [-0.4, -0.2) is 56.4 Å². The Balaban J connectivity index is 1.27. The average Bonchev–Trinajstić information content (AvgIpc) is 3.48. The van der Waals surface area contributed by atoms with Crippen molar-refractivity contribution in [3.05, 3.63) is 59.1 Å². The minimum Gasteiger partial charge on any atom is -0.378 e. The molecule has 1 fully saturated rings. The van der Waals surface area contributed by atoms with Crippen LogP contribution in [0.5, 0.6) is 0 Å². The second kappa shape index (κ2) is 8.59. The normalized spacial score (nSPS) is 19.8. The van der Waals surface area contributed by atoms with E-state index in [1.807, 2.05) is 25.1 Å². The van der Waals surface area contributed by atoms with Gasteiger partial charge in [-0.15, -0.1) is 0 Å². The first kappa shape index (κ1) is 23.2. The van der Waals surface area contributed by atoms with E-state index in [2.05, 4.69) is 20.4 Å². The number of carbonyl (C=O) groups is 1. The van der Waals surface area contributed by atoms with Crippen LogP contribution < -0.4 is 10.2 Å². The zero-order chi connectivity index (χ0) is 24.8. The zero-order valence-electron chi connectivity index (χ0n) is 19.3. The third-order valence-corrected chi connectivity index (χ3v) is 6.52. The van der Waals surface area contributed by atoms with Crippen LogP contribution in [0.3, 0.4) is 0 Å². The van der Waals surface area contributed by atoms with Gasteiger partial charge in [-0.3, -0.25) is 14.5 Å². The molecule has 35 heavy (non-hydrogen) atoms. The van der Waals surface area contributed by atoms with Gasteiger partial charge in [0.15, 0.2) is 5.82 Å². The highest BCUT2D eigenvalue weighted by molar-refractivity contribution is 6.06. The Kier molecular flexibility index (Phi) is 5.70. The number of aromatic nitrogens is 5. The summed E-state index contributed by atoms with van der Waals surface area (Å²) in [6.45, 7) is 3.00. The predicted molar refractivity (Wildman–Crippen MR) is 120 cm³/mol. The summed E-state index contributed by atoms with van der Waals surface area (Å²) in [5.74, 6) is 1.24. The van der Waals surface area contributed by atoms with E-state index in [1.54, 1.807) is 10.9 Å². The molecule has 0 bridgehead atoms. The van der Waals surface area contributed by atoms with Crippen LogP contribution >= 0.6 is 0 Å². The van der Waals surface area contributed by atoms with Gasteiger partial charge >= 0.3 is 6.18 Å². The summed E-state index contributed by atoms with van der Waals surface area (Å²) in [4.78, 5) is 27.5. The second-order valence-electron chi connectivity index (χ2n) is 8.87. The summed E-state index contributed by atoms with van der Waals surface area (Å²) >= 11 is 0. The van der Waals surface area contributed by atoms with Gasteiger partial charge in [-0.25, -0.2) is 9.97 Å². The highest BCUT2D eigenvalue weighted by Gasteiger charge is 2.50. The first-order valence-corrected chi connectivity index (χ1v) is 11.2. The Bertz CT molecular complexity index is 1250. The minimum atomic E-state index is -4.46. The molecule has 1 N–H and O–H groups in total. The van der Waals surface area contributed by atoms with E-state index < -0.39 is 17.4 Å². The molecule has 1 atom stereocenters. The molecule has 0 saturated carbocycles. The topological polar surface area (TPSA) is 98.1 Å². The fourth-order valence-electron chi connectivity index (χ4n) is 4.45. The van der Waals surface area contributed by atoms with Crippen molar-refractivity contribution >= 4 is 17.4 Å². The number of ether oxygens (including phenoxy) is 1. The molecule has 0 aromatic carbocycles. The molecule has 0 unspecified atom stereocenters. The summed E-state index contributed by atoms with van der Waals surface area (Å²) < 4.78 is 45.2. The van der Waals surface area contributed by atoms with Crippen LogP contribution in [0.25, 0.3) is 0 Å². The molecule has 0 aliphatic carbocycles. The SMILES string of the molecule is Cc1nc(CCc2cnn(Cc3ccc(C(F)(F)F)nc3)c2)nc2c1NC(=O)[C@@]1(CCOC1)N2C. The van der Waals surface area contributed by atoms with Crippen LogP contribution in [0.1, 0.15) is 34.8 Å². The molecular weight excluding hydrogens is 463 g/mol. The number of aryl methyl sites for hydroxylation is 3. The van der Waals surface area contributed by atoms with E-state index in [4.69, 9.17) is 9.72 Å². The average molecular weight is 487 g/mol. The molecule has 1 spiro atoms. The van der Waals surface area contributed by atoms with Gasteiger partial charge < -0.3 is 15.0 Å². The van der Waals surface area contributed by atoms with Crippen molar-refractivity contribution in [3.63, 3.8) is 0 Å². The van der Waals surface area contributed by atoms with Crippen molar-refractivity contribution in [3.8, 4) is 0 Å². The Morgan fingerprint density at radius 2 is 2.00 bits per heavy atom. The molecule has 1 amide bonds. The molecule has 0 radical (unpaired) electrons. The largest absolute Gasteiger partial charge is 0.433 e. The van der Waals surface area contributed by atoms with Gasteiger partial charge in [-0.2, -0.15) is 18.3 Å². The Morgan fingerprint density at radius 3 is 2.69 bits per heavy atom. The molecule has 1 saturated heterocycles. The van der Waals surface area contributed by atoms with Crippen molar-refractivity contribution in [2.24, 2.45) is 0 Å². The van der Waals surface area contributed by atoms with Gasteiger partial charge in [0.1, 0.15) is 22.7 Å². The third-order valence-electron chi connectivity index (χ3n) is 6.52. The van der Waals surface area contributed by atoms with Crippen LogP contribution in [0.2, 0.25) is 0 Å². The number of pyridine rings is 1. The molecule has 5 rings (SSSR count).